The van der Waals surface area contributed by atoms with Crippen LogP contribution in [0.15, 0.2) is 22.7 Å². The van der Waals surface area contributed by atoms with Gasteiger partial charge in [-0.15, -0.1) is 0 Å². The van der Waals surface area contributed by atoms with E-state index in [0.29, 0.717) is 18.3 Å². The van der Waals surface area contributed by atoms with Crippen molar-refractivity contribution < 1.29 is 8.91 Å². The van der Waals surface area contributed by atoms with Gasteiger partial charge in [0.1, 0.15) is 5.82 Å². The average Bonchev–Trinajstić information content (AvgIpc) is 2.67. The zero-order chi connectivity index (χ0) is 11.5. The van der Waals surface area contributed by atoms with Crippen molar-refractivity contribution in [3.63, 3.8) is 0 Å². The van der Waals surface area contributed by atoms with Gasteiger partial charge in [0.05, 0.1) is 12.1 Å². The van der Waals surface area contributed by atoms with Crippen LogP contribution in [0.2, 0.25) is 0 Å². The Balaban J connectivity index is 2.35. The molecule has 4 nitrogen and oxygen atoms in total. The minimum Gasteiger partial charge on any atom is -0.334 e. The van der Waals surface area contributed by atoms with Crippen molar-refractivity contribution in [3.8, 4) is 11.5 Å². The Morgan fingerprint density at radius 3 is 3.00 bits per heavy atom. The molecule has 0 amide bonds. The molecule has 1 aromatic heterocycles. The molecule has 0 aliphatic heterocycles. The van der Waals surface area contributed by atoms with Gasteiger partial charge >= 0.3 is 0 Å². The van der Waals surface area contributed by atoms with E-state index in [1.807, 2.05) is 22.6 Å². The van der Waals surface area contributed by atoms with Crippen LogP contribution in [0, 0.1) is 9.39 Å². The minimum absolute atomic E-state index is 0.275. The molecule has 84 valence electrons. The lowest BCUT2D eigenvalue weighted by Gasteiger charge is -1.97. The fourth-order valence-corrected chi connectivity index (χ4v) is 1.96. The number of hydrogen-bond acceptors (Lipinski definition) is 4. The van der Waals surface area contributed by atoms with E-state index < -0.39 is 0 Å². The summed E-state index contributed by atoms with van der Waals surface area (Å²) in [7, 11) is 1.80. The minimum atomic E-state index is -0.275. The fourth-order valence-electron chi connectivity index (χ4n) is 1.26. The number of rotatable bonds is 3. The van der Waals surface area contributed by atoms with Crippen molar-refractivity contribution in [1.82, 2.24) is 15.5 Å². The molecule has 0 unspecified atom stereocenters. The van der Waals surface area contributed by atoms with E-state index in [9.17, 15) is 4.39 Å². The van der Waals surface area contributed by atoms with Crippen molar-refractivity contribution in [2.45, 2.75) is 6.54 Å². The van der Waals surface area contributed by atoms with E-state index in [1.165, 1.54) is 12.1 Å². The summed E-state index contributed by atoms with van der Waals surface area (Å²) in [4.78, 5) is 4.19. The van der Waals surface area contributed by atoms with Gasteiger partial charge in [0.2, 0.25) is 0 Å². The van der Waals surface area contributed by atoms with Gasteiger partial charge in [0.15, 0.2) is 5.82 Å². The zero-order valence-electron chi connectivity index (χ0n) is 8.50. The summed E-state index contributed by atoms with van der Waals surface area (Å²) < 4.78 is 18.8. The molecule has 0 atom stereocenters. The second-order valence-electron chi connectivity index (χ2n) is 3.17. The third kappa shape index (κ3) is 2.38. The first kappa shape index (κ1) is 11.5. The lowest BCUT2D eigenvalue weighted by Crippen LogP contribution is -2.06. The molecule has 2 aromatic rings. The number of aromatic nitrogens is 2. The van der Waals surface area contributed by atoms with E-state index in [0.717, 1.165) is 9.13 Å². The van der Waals surface area contributed by atoms with E-state index in [4.69, 9.17) is 4.52 Å². The molecular weight excluding hydrogens is 324 g/mol. The van der Waals surface area contributed by atoms with Gasteiger partial charge in [-0.2, -0.15) is 4.98 Å². The first-order valence-corrected chi connectivity index (χ1v) is 5.71. The normalized spacial score (nSPS) is 10.7. The second kappa shape index (κ2) is 4.88. The average molecular weight is 333 g/mol. The molecule has 0 saturated heterocycles. The topological polar surface area (TPSA) is 51.0 Å². The summed E-state index contributed by atoms with van der Waals surface area (Å²) >= 11 is 2.04. The SMILES string of the molecule is CNCc1noc(-c2ccc(F)cc2I)n1. The molecular formula is C10H9FIN3O. The van der Waals surface area contributed by atoms with Crippen LogP contribution >= 0.6 is 22.6 Å². The third-order valence-corrected chi connectivity index (χ3v) is 2.86. The van der Waals surface area contributed by atoms with Gasteiger partial charge in [-0.1, -0.05) is 5.16 Å². The summed E-state index contributed by atoms with van der Waals surface area (Å²) in [5.74, 6) is 0.718. The second-order valence-corrected chi connectivity index (χ2v) is 4.33. The molecule has 0 aliphatic rings. The molecule has 0 bridgehead atoms. The van der Waals surface area contributed by atoms with Gasteiger partial charge in [-0.3, -0.25) is 0 Å². The lowest BCUT2D eigenvalue weighted by molar-refractivity contribution is 0.420. The van der Waals surface area contributed by atoms with Crippen molar-refractivity contribution in [2.24, 2.45) is 0 Å². The molecule has 1 N–H and O–H groups in total. The van der Waals surface area contributed by atoms with Crippen molar-refractivity contribution in [1.29, 1.82) is 0 Å². The molecule has 0 radical (unpaired) electrons. The van der Waals surface area contributed by atoms with Crippen molar-refractivity contribution in [3.05, 3.63) is 33.4 Å². The number of nitrogens with one attached hydrogen (secondary N) is 1. The van der Waals surface area contributed by atoms with Crippen LogP contribution < -0.4 is 5.32 Å². The Morgan fingerprint density at radius 2 is 2.31 bits per heavy atom. The van der Waals surface area contributed by atoms with Gasteiger partial charge in [-0.25, -0.2) is 4.39 Å². The quantitative estimate of drug-likeness (QED) is 0.875. The monoisotopic (exact) mass is 333 g/mol. The van der Waals surface area contributed by atoms with Crippen molar-refractivity contribution >= 4 is 22.6 Å². The number of benzene rings is 1. The highest BCUT2D eigenvalue weighted by Crippen LogP contribution is 2.24. The number of hydrogen-bond donors (Lipinski definition) is 1. The predicted octanol–water partition coefficient (Wildman–Crippen LogP) is 2.20. The Kier molecular flexibility index (Phi) is 3.49. The van der Waals surface area contributed by atoms with E-state index in [2.05, 4.69) is 15.5 Å². The van der Waals surface area contributed by atoms with E-state index in [-0.39, 0.29) is 5.82 Å². The molecule has 16 heavy (non-hydrogen) atoms. The molecule has 6 heteroatoms. The Hall–Kier alpha value is -1.02. The molecule has 0 fully saturated rings. The number of halogens is 2. The Labute approximate surface area is 105 Å². The van der Waals surface area contributed by atoms with E-state index >= 15 is 0 Å². The smallest absolute Gasteiger partial charge is 0.259 e. The summed E-state index contributed by atoms with van der Waals surface area (Å²) in [5.41, 5.74) is 0.747. The summed E-state index contributed by atoms with van der Waals surface area (Å²) in [6.45, 7) is 0.543. The maximum absolute atomic E-state index is 12.9. The highest BCUT2D eigenvalue weighted by Gasteiger charge is 2.11. The standard InChI is InChI=1S/C10H9FIN3O/c1-13-5-9-14-10(16-15-9)7-3-2-6(11)4-8(7)12/h2-4,13H,5H2,1H3. The molecule has 0 spiro atoms. The molecule has 2 rings (SSSR count). The highest BCUT2D eigenvalue weighted by molar-refractivity contribution is 14.1. The van der Waals surface area contributed by atoms with Crippen LogP contribution in [0.5, 0.6) is 0 Å². The Morgan fingerprint density at radius 1 is 1.50 bits per heavy atom. The van der Waals surface area contributed by atoms with Gasteiger partial charge in [-0.05, 0) is 47.8 Å². The van der Waals surface area contributed by atoms with Crippen LogP contribution in [0.4, 0.5) is 4.39 Å². The van der Waals surface area contributed by atoms with Gasteiger partial charge in [0.25, 0.3) is 5.89 Å². The van der Waals surface area contributed by atoms with E-state index in [1.54, 1.807) is 13.1 Å². The molecule has 1 heterocycles. The van der Waals surface area contributed by atoms with Crippen molar-refractivity contribution in [2.75, 3.05) is 7.05 Å². The number of nitrogens with zero attached hydrogens (tertiary/aromatic N) is 2. The summed E-state index contributed by atoms with van der Waals surface area (Å²) in [6, 6.07) is 4.44. The fraction of sp³-hybridized carbons (Fsp3) is 0.200. The maximum Gasteiger partial charge on any atom is 0.259 e. The maximum atomic E-state index is 12.9. The van der Waals surface area contributed by atoms with Crippen LogP contribution in [0.25, 0.3) is 11.5 Å². The Bertz CT molecular complexity index is 501. The predicted molar refractivity (Wildman–Crippen MR) is 65.2 cm³/mol. The van der Waals surface area contributed by atoms with Crippen LogP contribution in [-0.2, 0) is 6.54 Å². The van der Waals surface area contributed by atoms with Crippen LogP contribution in [0.3, 0.4) is 0 Å². The molecule has 0 aliphatic carbocycles. The summed E-state index contributed by atoms with van der Waals surface area (Å²) in [5, 5.41) is 6.73. The third-order valence-electron chi connectivity index (χ3n) is 1.96. The van der Waals surface area contributed by atoms with Gasteiger partial charge < -0.3 is 9.84 Å². The van der Waals surface area contributed by atoms with Crippen LogP contribution in [-0.4, -0.2) is 17.2 Å². The largest absolute Gasteiger partial charge is 0.334 e. The first-order valence-electron chi connectivity index (χ1n) is 4.63. The molecule has 1 aromatic carbocycles. The highest BCUT2D eigenvalue weighted by atomic mass is 127. The lowest BCUT2D eigenvalue weighted by atomic mass is 10.2. The van der Waals surface area contributed by atoms with Gasteiger partial charge in [0, 0.05) is 3.57 Å². The first-order chi connectivity index (χ1) is 7.70. The molecule has 0 saturated carbocycles. The summed E-state index contributed by atoms with van der Waals surface area (Å²) in [6.07, 6.45) is 0. The zero-order valence-corrected chi connectivity index (χ0v) is 10.7. The van der Waals surface area contributed by atoms with Crippen LogP contribution in [0.1, 0.15) is 5.82 Å².